The van der Waals surface area contributed by atoms with Crippen molar-refractivity contribution in [2.75, 3.05) is 18.0 Å². The normalized spacial score (nSPS) is 12.6. The van der Waals surface area contributed by atoms with Crippen molar-refractivity contribution in [2.24, 2.45) is 0 Å². The maximum atomic E-state index is 12.6. The second kappa shape index (κ2) is 8.66. The molecule has 2 heterocycles. The molecule has 0 amide bonds. The summed E-state index contributed by atoms with van der Waals surface area (Å²) < 4.78 is 4.71. The van der Waals surface area contributed by atoms with Gasteiger partial charge in [0.05, 0.1) is 0 Å². The van der Waals surface area contributed by atoms with Gasteiger partial charge >= 0.3 is 5.13 Å². The van der Waals surface area contributed by atoms with Crippen molar-refractivity contribution in [1.29, 1.82) is 0 Å². The van der Waals surface area contributed by atoms with Crippen molar-refractivity contribution in [3.05, 3.63) is 66.6 Å². The minimum absolute atomic E-state index is 0. The van der Waals surface area contributed by atoms with Crippen LogP contribution in [-0.4, -0.2) is 18.9 Å². The summed E-state index contributed by atoms with van der Waals surface area (Å²) in [5.41, 5.74) is 3.25. The maximum Gasteiger partial charge on any atom is 0.337 e. The molecule has 2 aromatic carbocycles. The Labute approximate surface area is 194 Å². The van der Waals surface area contributed by atoms with Crippen molar-refractivity contribution in [3.63, 3.8) is 0 Å². The number of nitrogens with zero attached hydrogens (tertiary/aromatic N) is 2. The number of halogens is 3. The van der Waals surface area contributed by atoms with Gasteiger partial charge in [-0.2, -0.15) is 0 Å². The van der Waals surface area contributed by atoms with Crippen LogP contribution in [0.2, 0.25) is 0 Å². The van der Waals surface area contributed by atoms with Gasteiger partial charge in [-0.15, -0.1) is 0 Å². The van der Waals surface area contributed by atoms with Crippen LogP contribution in [0.5, 0.6) is 0 Å². The highest BCUT2D eigenvalue weighted by molar-refractivity contribution is 14.1. The highest BCUT2D eigenvalue weighted by Gasteiger charge is 2.33. The van der Waals surface area contributed by atoms with Gasteiger partial charge in [-0.1, -0.05) is 23.5 Å². The van der Waals surface area contributed by atoms with Gasteiger partial charge in [0.2, 0.25) is 5.78 Å². The second-order valence-electron chi connectivity index (χ2n) is 5.91. The number of fused-ring (bicyclic) bond motifs is 1. The molecule has 0 saturated heterocycles. The molecule has 134 valence electrons. The quantitative estimate of drug-likeness (QED) is 0.243. The topological polar surface area (TPSA) is 24.2 Å². The summed E-state index contributed by atoms with van der Waals surface area (Å²) in [4.78, 5) is 14.8. The number of hydrogen-bond acceptors (Lipinski definition) is 3. The predicted octanol–water partition coefficient (Wildman–Crippen LogP) is 1.62. The van der Waals surface area contributed by atoms with Gasteiger partial charge in [-0.3, -0.25) is 4.79 Å². The first kappa shape index (κ1) is 20.2. The molecule has 3 nitrogen and oxygen atoms in total. The Morgan fingerprint density at radius 1 is 1.04 bits per heavy atom. The van der Waals surface area contributed by atoms with Crippen molar-refractivity contribution < 1.29 is 26.3 Å². The minimum Gasteiger partial charge on any atom is -1.00 e. The molecule has 4 rings (SSSR count). The van der Waals surface area contributed by atoms with Crippen molar-refractivity contribution in [2.45, 2.75) is 6.54 Å². The van der Waals surface area contributed by atoms with Crippen LogP contribution in [0.1, 0.15) is 10.4 Å². The maximum absolute atomic E-state index is 12.6. The molecule has 7 heteroatoms. The molecule has 1 aliphatic rings. The van der Waals surface area contributed by atoms with Crippen LogP contribution in [0, 0.1) is 7.14 Å². The fraction of sp³-hybridized carbons (Fsp3) is 0.158. The monoisotopic (exact) mass is 652 g/mol. The molecular weight excluding hydrogens is 638 g/mol. The van der Waals surface area contributed by atoms with Gasteiger partial charge in [-0.25, -0.2) is 9.47 Å². The number of carbonyl (C=O) groups excluding carboxylic acids is 1. The Bertz CT molecular complexity index is 926. The Morgan fingerprint density at radius 3 is 2.31 bits per heavy atom. The van der Waals surface area contributed by atoms with Crippen LogP contribution in [-0.2, 0) is 6.54 Å². The molecule has 3 aromatic rings. The van der Waals surface area contributed by atoms with Gasteiger partial charge in [0, 0.05) is 23.6 Å². The van der Waals surface area contributed by atoms with E-state index in [1.54, 1.807) is 11.3 Å². The average Bonchev–Trinajstić information content (AvgIpc) is 3.19. The first-order valence-electron chi connectivity index (χ1n) is 7.93. The van der Waals surface area contributed by atoms with Gasteiger partial charge in [-0.05, 0) is 81.6 Å². The number of anilines is 1. The lowest BCUT2D eigenvalue weighted by Gasteiger charge is -2.07. The zero-order chi connectivity index (χ0) is 17.4. The smallest absolute Gasteiger partial charge is 0.337 e. The van der Waals surface area contributed by atoms with Gasteiger partial charge in [0.25, 0.3) is 0 Å². The van der Waals surface area contributed by atoms with Crippen molar-refractivity contribution in [1.82, 2.24) is 0 Å². The number of rotatable bonds is 4. The highest BCUT2D eigenvalue weighted by Crippen LogP contribution is 2.29. The first-order valence-corrected chi connectivity index (χ1v) is 11.0. The molecule has 0 unspecified atom stereocenters. The lowest BCUT2D eigenvalue weighted by atomic mass is 10.1. The molecule has 1 aliphatic heterocycles. The number of aromatic nitrogens is 1. The van der Waals surface area contributed by atoms with Gasteiger partial charge < -0.3 is 17.0 Å². The van der Waals surface area contributed by atoms with E-state index in [2.05, 4.69) is 84.3 Å². The average molecular weight is 653 g/mol. The van der Waals surface area contributed by atoms with Crippen LogP contribution in [0.3, 0.4) is 0 Å². The van der Waals surface area contributed by atoms with Crippen molar-refractivity contribution in [3.8, 4) is 11.3 Å². The largest absolute Gasteiger partial charge is 1.00 e. The second-order valence-corrected chi connectivity index (χ2v) is 9.24. The van der Waals surface area contributed by atoms with Crippen molar-refractivity contribution >= 4 is 67.4 Å². The number of hydrogen-bond donors (Lipinski definition) is 0. The third-order valence-electron chi connectivity index (χ3n) is 4.30. The lowest BCUT2D eigenvalue weighted by Crippen LogP contribution is -3.00. The summed E-state index contributed by atoms with van der Waals surface area (Å²) >= 11 is 6.30. The van der Waals surface area contributed by atoms with E-state index >= 15 is 0 Å². The number of benzene rings is 2. The predicted molar refractivity (Wildman–Crippen MR) is 118 cm³/mol. The van der Waals surface area contributed by atoms with E-state index in [1.807, 2.05) is 24.3 Å². The third-order valence-corrected chi connectivity index (χ3v) is 6.77. The Balaban J connectivity index is 0.00000196. The minimum atomic E-state index is 0. The summed E-state index contributed by atoms with van der Waals surface area (Å²) in [6, 6.07) is 16.4. The zero-order valence-corrected chi connectivity index (χ0v) is 20.4. The molecule has 0 aliphatic carbocycles. The molecule has 0 N–H and O–H groups in total. The Kier molecular flexibility index (Phi) is 6.73. The van der Waals surface area contributed by atoms with Crippen LogP contribution < -0.4 is 26.4 Å². The van der Waals surface area contributed by atoms with Crippen LogP contribution >= 0.6 is 56.5 Å². The van der Waals surface area contributed by atoms with Crippen LogP contribution in [0.25, 0.3) is 11.3 Å². The molecule has 0 bridgehead atoms. The first-order chi connectivity index (χ1) is 12.1. The SMILES string of the molecule is O=C(CN1CC[n+]2c(-c3ccc(I)cc3)csc21)c1ccc(I)cc1.[Br-]. The number of ketones is 1. The number of carbonyl (C=O) groups is 1. The molecule has 0 radical (unpaired) electrons. The Morgan fingerprint density at radius 2 is 1.65 bits per heavy atom. The van der Waals surface area contributed by atoms with Crippen LogP contribution in [0.15, 0.2) is 53.9 Å². The summed E-state index contributed by atoms with van der Waals surface area (Å²) in [5, 5.41) is 3.37. The van der Waals surface area contributed by atoms with E-state index in [0.717, 1.165) is 22.2 Å². The third kappa shape index (κ3) is 4.15. The number of Topliss-reactive ketones (excluding diaryl/α,β-unsaturated/α-hetero) is 1. The molecule has 0 fully saturated rings. The van der Waals surface area contributed by atoms with Crippen LogP contribution in [0.4, 0.5) is 5.13 Å². The molecule has 0 saturated carbocycles. The van der Waals surface area contributed by atoms with E-state index in [-0.39, 0.29) is 22.8 Å². The highest BCUT2D eigenvalue weighted by atomic mass is 127. The van der Waals surface area contributed by atoms with Gasteiger partial charge in [0.1, 0.15) is 25.3 Å². The molecule has 1 aromatic heterocycles. The molecule has 0 spiro atoms. The number of thiazole rings is 1. The van der Waals surface area contributed by atoms with E-state index in [9.17, 15) is 4.79 Å². The molecule has 26 heavy (non-hydrogen) atoms. The van der Waals surface area contributed by atoms with E-state index in [1.165, 1.54) is 20.0 Å². The molecular formula is C19H15BrI2N2OS. The van der Waals surface area contributed by atoms with E-state index in [0.29, 0.717) is 6.54 Å². The van der Waals surface area contributed by atoms with E-state index in [4.69, 9.17) is 0 Å². The van der Waals surface area contributed by atoms with Gasteiger partial charge in [0.15, 0.2) is 0 Å². The molecule has 0 atom stereocenters. The zero-order valence-electron chi connectivity index (χ0n) is 13.7. The lowest BCUT2D eigenvalue weighted by molar-refractivity contribution is -0.656. The summed E-state index contributed by atoms with van der Waals surface area (Å²) in [7, 11) is 0. The summed E-state index contributed by atoms with van der Waals surface area (Å²) in [5.74, 6) is 0.175. The fourth-order valence-corrected chi connectivity index (χ4v) is 4.83. The fourth-order valence-electron chi connectivity index (χ4n) is 3.01. The van der Waals surface area contributed by atoms with E-state index < -0.39 is 0 Å². The Hall–Kier alpha value is -0.520. The summed E-state index contributed by atoms with van der Waals surface area (Å²) in [6.45, 7) is 2.26. The summed E-state index contributed by atoms with van der Waals surface area (Å²) in [6.07, 6.45) is 0. The standard InChI is InChI=1S/C19H15I2N2OS.BrH/c20-15-5-1-13(2-6-15)17-12-25-19-22(9-10-23(17)19)11-18(24)14-3-7-16(21)8-4-14;/h1-8,12H,9-11H2;1H/q+1;/p-1.